The molecule has 1 saturated heterocycles. The maximum atomic E-state index is 11.9. The van der Waals surface area contributed by atoms with Crippen molar-refractivity contribution in [3.05, 3.63) is 0 Å². The minimum absolute atomic E-state index is 0.125. The van der Waals surface area contributed by atoms with Crippen molar-refractivity contribution in [2.75, 3.05) is 40.5 Å². The van der Waals surface area contributed by atoms with Crippen molar-refractivity contribution < 1.29 is 24.2 Å². The highest BCUT2D eigenvalue weighted by Gasteiger charge is 2.19. The molecule has 1 heterocycles. The standard InChI is InChI=1S/C13H24N2O5/c1-15(9-10-3-5-20-6-4-10)13(18)14-8-11(19-2)7-12(16)17/h10-11H,3-9H2,1-2H3,(H,14,18)(H,16,17). The molecule has 0 saturated carbocycles. The normalized spacial score (nSPS) is 17.5. The molecule has 7 heteroatoms. The fraction of sp³-hybridized carbons (Fsp3) is 0.846. The summed E-state index contributed by atoms with van der Waals surface area (Å²) >= 11 is 0. The largest absolute Gasteiger partial charge is 0.481 e. The van der Waals surface area contributed by atoms with Crippen LogP contribution in [0.4, 0.5) is 4.79 Å². The quantitative estimate of drug-likeness (QED) is 0.714. The van der Waals surface area contributed by atoms with Gasteiger partial charge in [-0.3, -0.25) is 4.79 Å². The molecular weight excluding hydrogens is 264 g/mol. The first-order valence-corrected chi connectivity index (χ1v) is 6.84. The van der Waals surface area contributed by atoms with Gasteiger partial charge in [-0.1, -0.05) is 0 Å². The Morgan fingerprint density at radius 1 is 1.45 bits per heavy atom. The number of hydrogen-bond donors (Lipinski definition) is 2. The first-order chi connectivity index (χ1) is 9.52. The van der Waals surface area contributed by atoms with Crippen molar-refractivity contribution >= 4 is 12.0 Å². The first kappa shape index (κ1) is 16.7. The van der Waals surface area contributed by atoms with Crippen LogP contribution in [0.15, 0.2) is 0 Å². The smallest absolute Gasteiger partial charge is 0.317 e. The second kappa shape index (κ2) is 8.76. The van der Waals surface area contributed by atoms with E-state index in [4.69, 9.17) is 14.6 Å². The molecule has 0 spiro atoms. The van der Waals surface area contributed by atoms with Gasteiger partial charge in [-0.15, -0.1) is 0 Å². The van der Waals surface area contributed by atoms with Crippen LogP contribution in [0.1, 0.15) is 19.3 Å². The van der Waals surface area contributed by atoms with Gasteiger partial charge < -0.3 is 24.8 Å². The summed E-state index contributed by atoms with van der Waals surface area (Å²) in [6.07, 6.45) is 1.31. The summed E-state index contributed by atoms with van der Waals surface area (Å²) in [4.78, 5) is 24.1. The van der Waals surface area contributed by atoms with Gasteiger partial charge >= 0.3 is 12.0 Å². The van der Waals surface area contributed by atoms with Gasteiger partial charge in [0.1, 0.15) is 0 Å². The van der Waals surface area contributed by atoms with E-state index >= 15 is 0 Å². The molecule has 20 heavy (non-hydrogen) atoms. The van der Waals surface area contributed by atoms with Crippen LogP contribution >= 0.6 is 0 Å². The van der Waals surface area contributed by atoms with Gasteiger partial charge in [-0.2, -0.15) is 0 Å². The number of methoxy groups -OCH3 is 1. The van der Waals surface area contributed by atoms with E-state index in [1.54, 1.807) is 11.9 Å². The fourth-order valence-electron chi connectivity index (χ4n) is 2.17. The average Bonchev–Trinajstić information content (AvgIpc) is 2.43. The van der Waals surface area contributed by atoms with Crippen molar-refractivity contribution in [3.63, 3.8) is 0 Å². The SMILES string of the molecule is COC(CNC(=O)N(C)CC1CCOCC1)CC(=O)O. The Bertz CT molecular complexity index is 318. The zero-order valence-electron chi connectivity index (χ0n) is 12.1. The van der Waals surface area contributed by atoms with Crippen LogP contribution in [-0.2, 0) is 14.3 Å². The summed E-state index contributed by atoms with van der Waals surface area (Å²) in [6.45, 7) is 2.39. The molecule has 1 fully saturated rings. The molecule has 1 rings (SSSR count). The number of rotatable bonds is 7. The lowest BCUT2D eigenvalue weighted by molar-refractivity contribution is -0.139. The minimum Gasteiger partial charge on any atom is -0.481 e. The van der Waals surface area contributed by atoms with E-state index in [0.29, 0.717) is 12.5 Å². The van der Waals surface area contributed by atoms with E-state index < -0.39 is 12.1 Å². The number of carbonyl (C=O) groups excluding carboxylic acids is 1. The molecule has 0 aromatic carbocycles. The molecule has 1 aliphatic rings. The molecule has 0 bridgehead atoms. The third kappa shape index (κ3) is 6.21. The molecule has 116 valence electrons. The zero-order chi connectivity index (χ0) is 15.0. The average molecular weight is 288 g/mol. The van der Waals surface area contributed by atoms with Gasteiger partial charge in [0.05, 0.1) is 12.5 Å². The topological polar surface area (TPSA) is 88.1 Å². The van der Waals surface area contributed by atoms with Gasteiger partial charge in [-0.05, 0) is 18.8 Å². The van der Waals surface area contributed by atoms with Crippen molar-refractivity contribution in [1.29, 1.82) is 0 Å². The number of nitrogens with zero attached hydrogens (tertiary/aromatic N) is 1. The van der Waals surface area contributed by atoms with Crippen LogP contribution in [0.2, 0.25) is 0 Å². The Kier molecular flexibility index (Phi) is 7.32. The zero-order valence-corrected chi connectivity index (χ0v) is 12.1. The Balaban J connectivity index is 2.27. The molecule has 1 aliphatic heterocycles. The molecule has 0 aliphatic carbocycles. The lowest BCUT2D eigenvalue weighted by Crippen LogP contribution is -2.44. The number of amides is 2. The van der Waals surface area contributed by atoms with E-state index in [9.17, 15) is 9.59 Å². The predicted octanol–water partition coefficient (Wildman–Crippen LogP) is 0.544. The Morgan fingerprint density at radius 2 is 2.10 bits per heavy atom. The third-order valence-electron chi connectivity index (χ3n) is 3.44. The third-order valence-corrected chi connectivity index (χ3v) is 3.44. The highest BCUT2D eigenvalue weighted by Crippen LogP contribution is 2.15. The van der Waals surface area contributed by atoms with E-state index in [0.717, 1.165) is 26.1 Å². The second-order valence-electron chi connectivity index (χ2n) is 5.08. The second-order valence-corrected chi connectivity index (χ2v) is 5.08. The molecule has 0 aromatic heterocycles. The van der Waals surface area contributed by atoms with Crippen LogP contribution in [-0.4, -0.2) is 68.6 Å². The van der Waals surface area contributed by atoms with Gasteiger partial charge in [0.15, 0.2) is 0 Å². The van der Waals surface area contributed by atoms with E-state index in [1.807, 2.05) is 0 Å². The highest BCUT2D eigenvalue weighted by molar-refractivity contribution is 5.74. The van der Waals surface area contributed by atoms with Gasteiger partial charge in [0.2, 0.25) is 0 Å². The summed E-state index contributed by atoms with van der Waals surface area (Å²) in [5.41, 5.74) is 0. The van der Waals surface area contributed by atoms with Crippen LogP contribution in [0, 0.1) is 5.92 Å². The van der Waals surface area contributed by atoms with Gasteiger partial charge in [0, 0.05) is 40.5 Å². The Hall–Kier alpha value is -1.34. The maximum Gasteiger partial charge on any atom is 0.317 e. The maximum absolute atomic E-state index is 11.9. The molecule has 1 atom stereocenters. The van der Waals surface area contributed by atoms with E-state index in [2.05, 4.69) is 5.32 Å². The number of carbonyl (C=O) groups is 2. The lowest BCUT2D eigenvalue weighted by atomic mass is 10.00. The summed E-state index contributed by atoms with van der Waals surface area (Å²) in [5.74, 6) is -0.474. The molecule has 2 amide bonds. The summed E-state index contributed by atoms with van der Waals surface area (Å²) in [5, 5.41) is 11.4. The first-order valence-electron chi connectivity index (χ1n) is 6.84. The molecule has 1 unspecified atom stereocenters. The van der Waals surface area contributed by atoms with Crippen LogP contribution in [0.25, 0.3) is 0 Å². The number of urea groups is 1. The summed E-state index contributed by atoms with van der Waals surface area (Å²) < 4.78 is 10.3. The number of carboxylic acids is 1. The number of ether oxygens (including phenoxy) is 2. The van der Waals surface area contributed by atoms with Crippen LogP contribution in [0.3, 0.4) is 0 Å². The number of aliphatic carboxylic acids is 1. The molecule has 0 radical (unpaired) electrons. The molecule has 0 aromatic rings. The van der Waals surface area contributed by atoms with Gasteiger partial charge in [0.25, 0.3) is 0 Å². The van der Waals surface area contributed by atoms with Crippen molar-refractivity contribution in [2.24, 2.45) is 5.92 Å². The summed E-state index contributed by atoms with van der Waals surface area (Å²) in [6, 6.07) is -0.205. The number of nitrogens with one attached hydrogen (secondary N) is 1. The Labute approximate surface area is 119 Å². The van der Waals surface area contributed by atoms with Crippen LogP contribution in [0.5, 0.6) is 0 Å². The van der Waals surface area contributed by atoms with Crippen molar-refractivity contribution in [3.8, 4) is 0 Å². The lowest BCUT2D eigenvalue weighted by Gasteiger charge is -2.27. The minimum atomic E-state index is -0.943. The van der Waals surface area contributed by atoms with Crippen molar-refractivity contribution in [1.82, 2.24) is 10.2 Å². The Morgan fingerprint density at radius 3 is 2.65 bits per heavy atom. The van der Waals surface area contributed by atoms with E-state index in [-0.39, 0.29) is 19.0 Å². The van der Waals surface area contributed by atoms with Crippen molar-refractivity contribution in [2.45, 2.75) is 25.4 Å². The monoisotopic (exact) mass is 288 g/mol. The predicted molar refractivity (Wildman–Crippen MR) is 72.6 cm³/mol. The fourth-order valence-corrected chi connectivity index (χ4v) is 2.17. The molecule has 2 N–H and O–H groups in total. The highest BCUT2D eigenvalue weighted by atomic mass is 16.5. The van der Waals surface area contributed by atoms with Crippen LogP contribution < -0.4 is 5.32 Å². The molecule has 7 nitrogen and oxygen atoms in total. The molecular formula is C13H24N2O5. The van der Waals surface area contributed by atoms with Gasteiger partial charge in [-0.25, -0.2) is 4.79 Å². The summed E-state index contributed by atoms with van der Waals surface area (Å²) in [7, 11) is 3.18. The number of carboxylic acid groups (broad SMARTS) is 1. The van der Waals surface area contributed by atoms with E-state index in [1.165, 1.54) is 7.11 Å². The number of hydrogen-bond acceptors (Lipinski definition) is 4.